The van der Waals surface area contributed by atoms with Crippen molar-refractivity contribution in [3.63, 3.8) is 0 Å². The van der Waals surface area contributed by atoms with Crippen molar-refractivity contribution in [2.75, 3.05) is 18.0 Å². The van der Waals surface area contributed by atoms with Gasteiger partial charge in [-0.05, 0) is 37.5 Å². The molecular weight excluding hydrogens is 214 g/mol. The average molecular weight is 235 g/mol. The van der Waals surface area contributed by atoms with Gasteiger partial charge in [0.05, 0.1) is 5.56 Å². The highest BCUT2D eigenvalue weighted by molar-refractivity contribution is 5.90. The number of benzene rings is 1. The summed E-state index contributed by atoms with van der Waals surface area (Å²) < 4.78 is 0. The Morgan fingerprint density at radius 2 is 1.82 bits per heavy atom. The van der Waals surface area contributed by atoms with Crippen LogP contribution in [0.1, 0.15) is 42.6 Å². The first kappa shape index (κ1) is 13.6. The van der Waals surface area contributed by atoms with Gasteiger partial charge in [-0.2, -0.15) is 0 Å². The van der Waals surface area contributed by atoms with E-state index in [1.54, 1.807) is 6.07 Å². The van der Waals surface area contributed by atoms with Gasteiger partial charge in [-0.3, -0.25) is 0 Å². The van der Waals surface area contributed by atoms with E-state index < -0.39 is 5.97 Å². The van der Waals surface area contributed by atoms with Gasteiger partial charge in [0.2, 0.25) is 0 Å². The molecule has 0 saturated heterocycles. The molecule has 0 atom stereocenters. The molecule has 94 valence electrons. The molecule has 0 amide bonds. The lowest BCUT2D eigenvalue weighted by Gasteiger charge is -2.24. The van der Waals surface area contributed by atoms with Gasteiger partial charge in [0.15, 0.2) is 0 Å². The van der Waals surface area contributed by atoms with Crippen LogP contribution in [0, 0.1) is 6.92 Å². The summed E-state index contributed by atoms with van der Waals surface area (Å²) >= 11 is 0. The van der Waals surface area contributed by atoms with E-state index in [0.717, 1.165) is 37.2 Å². The maximum Gasteiger partial charge on any atom is 0.336 e. The summed E-state index contributed by atoms with van der Waals surface area (Å²) in [5.41, 5.74) is 2.23. The van der Waals surface area contributed by atoms with Gasteiger partial charge in [0, 0.05) is 18.8 Å². The van der Waals surface area contributed by atoms with Crippen molar-refractivity contribution >= 4 is 11.7 Å². The Balaban J connectivity index is 3.03. The number of nitrogens with zero attached hydrogens (tertiary/aromatic N) is 1. The quantitative estimate of drug-likeness (QED) is 0.822. The van der Waals surface area contributed by atoms with Crippen LogP contribution in [0.2, 0.25) is 0 Å². The Bertz CT molecular complexity index is 382. The smallest absolute Gasteiger partial charge is 0.336 e. The first-order valence-electron chi connectivity index (χ1n) is 6.19. The van der Waals surface area contributed by atoms with Crippen LogP contribution >= 0.6 is 0 Å². The van der Waals surface area contributed by atoms with E-state index in [-0.39, 0.29) is 0 Å². The third kappa shape index (κ3) is 3.48. The van der Waals surface area contributed by atoms with Gasteiger partial charge in [-0.15, -0.1) is 0 Å². The molecule has 0 spiro atoms. The predicted octanol–water partition coefficient (Wildman–Crippen LogP) is 3.32. The molecule has 0 unspecified atom stereocenters. The number of aromatic carboxylic acids is 1. The number of carboxylic acid groups (broad SMARTS) is 1. The van der Waals surface area contributed by atoms with Crippen molar-refractivity contribution in [2.45, 2.75) is 33.6 Å². The van der Waals surface area contributed by atoms with E-state index in [1.165, 1.54) is 0 Å². The number of hydrogen-bond donors (Lipinski definition) is 1. The van der Waals surface area contributed by atoms with Crippen molar-refractivity contribution in [3.8, 4) is 0 Å². The van der Waals surface area contributed by atoms with Crippen molar-refractivity contribution in [3.05, 3.63) is 29.3 Å². The molecule has 0 heterocycles. The third-order valence-corrected chi connectivity index (χ3v) is 2.80. The lowest BCUT2D eigenvalue weighted by molar-refractivity contribution is 0.0696. The van der Waals surface area contributed by atoms with Crippen molar-refractivity contribution in [2.24, 2.45) is 0 Å². The number of carboxylic acids is 1. The van der Waals surface area contributed by atoms with E-state index in [4.69, 9.17) is 5.11 Å². The molecular formula is C14H21NO2. The highest BCUT2D eigenvalue weighted by Crippen LogP contribution is 2.20. The van der Waals surface area contributed by atoms with E-state index >= 15 is 0 Å². The summed E-state index contributed by atoms with van der Waals surface area (Å²) in [6, 6.07) is 5.67. The van der Waals surface area contributed by atoms with Crippen LogP contribution in [0.25, 0.3) is 0 Å². The summed E-state index contributed by atoms with van der Waals surface area (Å²) in [5, 5.41) is 9.11. The zero-order valence-corrected chi connectivity index (χ0v) is 10.9. The van der Waals surface area contributed by atoms with Crippen LogP contribution in [0.4, 0.5) is 5.69 Å². The second kappa shape index (κ2) is 6.28. The fraction of sp³-hybridized carbons (Fsp3) is 0.500. The lowest BCUT2D eigenvalue weighted by Crippen LogP contribution is -2.25. The minimum atomic E-state index is -0.850. The molecule has 1 N–H and O–H groups in total. The predicted molar refractivity (Wildman–Crippen MR) is 70.9 cm³/mol. The molecule has 0 aliphatic heterocycles. The number of carbonyl (C=O) groups is 1. The fourth-order valence-corrected chi connectivity index (χ4v) is 1.95. The molecule has 0 radical (unpaired) electrons. The van der Waals surface area contributed by atoms with Gasteiger partial charge in [0.25, 0.3) is 0 Å². The molecule has 1 rings (SSSR count). The first-order valence-corrected chi connectivity index (χ1v) is 6.19. The van der Waals surface area contributed by atoms with Crippen LogP contribution in [0.3, 0.4) is 0 Å². The van der Waals surface area contributed by atoms with Crippen LogP contribution in [0.5, 0.6) is 0 Å². The molecule has 1 aromatic carbocycles. The molecule has 0 aliphatic rings. The molecule has 3 nitrogen and oxygen atoms in total. The van der Waals surface area contributed by atoms with Crippen molar-refractivity contribution in [1.82, 2.24) is 0 Å². The Kier molecular flexibility index (Phi) is 5.01. The Labute approximate surface area is 103 Å². The van der Waals surface area contributed by atoms with E-state index in [2.05, 4.69) is 18.7 Å². The molecule has 3 heteroatoms. The van der Waals surface area contributed by atoms with Gasteiger partial charge in [-0.1, -0.05) is 19.9 Å². The lowest BCUT2D eigenvalue weighted by atomic mass is 10.1. The largest absolute Gasteiger partial charge is 0.478 e. The van der Waals surface area contributed by atoms with E-state index in [9.17, 15) is 4.79 Å². The molecule has 1 aromatic rings. The van der Waals surface area contributed by atoms with Crippen LogP contribution in [-0.2, 0) is 0 Å². The topological polar surface area (TPSA) is 40.5 Å². The maximum absolute atomic E-state index is 11.1. The third-order valence-electron chi connectivity index (χ3n) is 2.80. The molecule has 0 fully saturated rings. The maximum atomic E-state index is 11.1. The second-order valence-corrected chi connectivity index (χ2v) is 4.29. The first-order chi connectivity index (χ1) is 8.10. The normalized spacial score (nSPS) is 10.3. The van der Waals surface area contributed by atoms with Crippen molar-refractivity contribution < 1.29 is 9.90 Å². The molecule has 17 heavy (non-hydrogen) atoms. The standard InChI is InChI=1S/C14H21NO2/c1-4-8-15(9-5-2)12-7-6-11(3)13(10-12)14(16)17/h6-7,10H,4-5,8-9H2,1-3H3,(H,16,17). The molecule has 0 aliphatic carbocycles. The Morgan fingerprint density at radius 3 is 2.29 bits per heavy atom. The highest BCUT2D eigenvalue weighted by Gasteiger charge is 2.11. The minimum Gasteiger partial charge on any atom is -0.478 e. The summed E-state index contributed by atoms with van der Waals surface area (Å²) in [5.74, 6) is -0.850. The number of hydrogen-bond acceptors (Lipinski definition) is 2. The van der Waals surface area contributed by atoms with Gasteiger partial charge in [-0.25, -0.2) is 4.79 Å². The molecule has 0 saturated carbocycles. The van der Waals surface area contributed by atoms with Crippen molar-refractivity contribution in [1.29, 1.82) is 0 Å². The van der Waals surface area contributed by atoms with Crippen LogP contribution in [-0.4, -0.2) is 24.2 Å². The summed E-state index contributed by atoms with van der Waals surface area (Å²) in [4.78, 5) is 13.3. The second-order valence-electron chi connectivity index (χ2n) is 4.29. The zero-order valence-electron chi connectivity index (χ0n) is 10.9. The average Bonchev–Trinajstić information content (AvgIpc) is 2.29. The summed E-state index contributed by atoms with van der Waals surface area (Å²) in [6.45, 7) is 8.03. The minimum absolute atomic E-state index is 0.403. The van der Waals surface area contributed by atoms with E-state index in [1.807, 2.05) is 19.1 Å². The number of aryl methyl sites for hydroxylation is 1. The number of anilines is 1. The Morgan fingerprint density at radius 1 is 1.24 bits per heavy atom. The Hall–Kier alpha value is -1.51. The van der Waals surface area contributed by atoms with Crippen LogP contribution < -0.4 is 4.90 Å². The summed E-state index contributed by atoms with van der Waals surface area (Å²) in [7, 11) is 0. The molecule has 0 bridgehead atoms. The number of rotatable bonds is 6. The van der Waals surface area contributed by atoms with Gasteiger partial charge in [0.1, 0.15) is 0 Å². The van der Waals surface area contributed by atoms with Gasteiger partial charge < -0.3 is 10.0 Å². The summed E-state index contributed by atoms with van der Waals surface area (Å²) in [6.07, 6.45) is 2.13. The highest BCUT2D eigenvalue weighted by atomic mass is 16.4. The fourth-order valence-electron chi connectivity index (χ4n) is 1.95. The van der Waals surface area contributed by atoms with E-state index in [0.29, 0.717) is 5.56 Å². The van der Waals surface area contributed by atoms with Crippen LogP contribution in [0.15, 0.2) is 18.2 Å². The SMILES string of the molecule is CCCN(CCC)c1ccc(C)c(C(=O)O)c1. The monoisotopic (exact) mass is 235 g/mol. The van der Waals surface area contributed by atoms with Gasteiger partial charge >= 0.3 is 5.97 Å². The molecule has 0 aromatic heterocycles. The zero-order chi connectivity index (χ0) is 12.8.